The molecule has 0 aliphatic heterocycles. The minimum atomic E-state index is -0.513. The molecule has 4 N–H and O–H groups in total. The van der Waals surface area contributed by atoms with Crippen LogP contribution in [0.2, 0.25) is 0 Å². The van der Waals surface area contributed by atoms with Crippen LogP contribution in [0.25, 0.3) is 0 Å². The molecule has 1 heterocycles. The predicted molar refractivity (Wildman–Crippen MR) is 110 cm³/mol. The van der Waals surface area contributed by atoms with Gasteiger partial charge in [-0.1, -0.05) is 18.2 Å². The van der Waals surface area contributed by atoms with E-state index in [1.54, 1.807) is 10.9 Å². The van der Waals surface area contributed by atoms with Gasteiger partial charge in [0.15, 0.2) is 5.82 Å². The van der Waals surface area contributed by atoms with Crippen LogP contribution in [0.15, 0.2) is 36.5 Å². The summed E-state index contributed by atoms with van der Waals surface area (Å²) in [5, 5.41) is 20.9. The zero-order valence-electron chi connectivity index (χ0n) is 16.5. The highest BCUT2D eigenvalue weighted by molar-refractivity contribution is 5.97. The van der Waals surface area contributed by atoms with Gasteiger partial charge < -0.3 is 16.4 Å². The highest BCUT2D eigenvalue weighted by Gasteiger charge is 2.38. The molecule has 1 amide bonds. The summed E-state index contributed by atoms with van der Waals surface area (Å²) < 4.78 is 1.81. The Morgan fingerprint density at radius 2 is 2.04 bits per heavy atom. The third-order valence-corrected chi connectivity index (χ3v) is 5.36. The summed E-state index contributed by atoms with van der Waals surface area (Å²) in [6, 6.07) is 13.0. The summed E-state index contributed by atoms with van der Waals surface area (Å²) in [5.74, 6) is -0.0229. The number of nitriles is 1. The first kappa shape index (κ1) is 19.7. The average Bonchev–Trinajstić information content (AvgIpc) is 3.08. The molecule has 7 nitrogen and oxygen atoms in total. The molecule has 1 aliphatic carbocycles. The van der Waals surface area contributed by atoms with Crippen molar-refractivity contribution in [3.05, 3.63) is 42.1 Å². The van der Waals surface area contributed by atoms with Gasteiger partial charge in [0.2, 0.25) is 0 Å². The molecule has 0 atom stereocenters. The molecule has 1 saturated carbocycles. The van der Waals surface area contributed by atoms with E-state index in [1.165, 1.54) is 0 Å². The van der Waals surface area contributed by atoms with Crippen LogP contribution in [0.1, 0.15) is 56.3 Å². The number of carbonyl (C=O) groups is 1. The second kappa shape index (κ2) is 8.34. The van der Waals surface area contributed by atoms with Gasteiger partial charge in [-0.3, -0.25) is 9.48 Å². The van der Waals surface area contributed by atoms with Crippen molar-refractivity contribution in [1.29, 1.82) is 5.26 Å². The fraction of sp³-hybridized carbons (Fsp3) is 0.476. The maximum Gasteiger partial charge on any atom is 0.254 e. The van der Waals surface area contributed by atoms with Crippen molar-refractivity contribution in [2.45, 2.75) is 63.6 Å². The maximum atomic E-state index is 11.9. The molecule has 3 rings (SSSR count). The topological polar surface area (TPSA) is 109 Å². The Hall–Kier alpha value is -3.01. The van der Waals surface area contributed by atoms with Gasteiger partial charge in [0, 0.05) is 24.0 Å². The highest BCUT2D eigenvalue weighted by Crippen LogP contribution is 2.39. The number of nitrogens with zero attached hydrogens (tertiary/aromatic N) is 3. The molecule has 2 aromatic rings. The van der Waals surface area contributed by atoms with E-state index in [1.807, 2.05) is 32.0 Å². The third-order valence-electron chi connectivity index (χ3n) is 5.36. The molecular formula is C21H28N6O. The molecule has 1 fully saturated rings. The summed E-state index contributed by atoms with van der Waals surface area (Å²) in [5.41, 5.74) is 6.62. The molecule has 0 saturated heterocycles. The first-order chi connectivity index (χ1) is 13.4. The Morgan fingerprint density at radius 3 is 2.61 bits per heavy atom. The summed E-state index contributed by atoms with van der Waals surface area (Å²) in [7, 11) is 0. The Kier molecular flexibility index (Phi) is 5.88. The number of anilines is 2. The smallest absolute Gasteiger partial charge is 0.254 e. The van der Waals surface area contributed by atoms with Gasteiger partial charge in [0.05, 0.1) is 18.0 Å². The van der Waals surface area contributed by atoms with Crippen LogP contribution >= 0.6 is 0 Å². The number of para-hydroxylation sites is 1. The number of aromatic nitrogens is 2. The zero-order valence-corrected chi connectivity index (χ0v) is 16.5. The van der Waals surface area contributed by atoms with E-state index < -0.39 is 11.4 Å². The van der Waals surface area contributed by atoms with Crippen molar-refractivity contribution < 1.29 is 4.79 Å². The molecule has 0 spiro atoms. The Balaban J connectivity index is 1.80. The Morgan fingerprint density at radius 1 is 1.36 bits per heavy atom. The number of amides is 1. The Bertz CT molecular complexity index is 844. The fourth-order valence-corrected chi connectivity index (χ4v) is 3.88. The number of rotatable bonds is 7. The van der Waals surface area contributed by atoms with E-state index in [2.05, 4.69) is 33.9 Å². The molecule has 7 heteroatoms. The van der Waals surface area contributed by atoms with Gasteiger partial charge in [0.25, 0.3) is 5.91 Å². The SMILES string of the molecule is CC(C)Nc1nn(C2(CC#N)CCC(Nc3ccccc3)CC2)cc1C(N)=O. The monoisotopic (exact) mass is 380 g/mol. The van der Waals surface area contributed by atoms with Crippen LogP contribution in [0, 0.1) is 11.3 Å². The number of hydrogen-bond acceptors (Lipinski definition) is 5. The van der Waals surface area contributed by atoms with Crippen LogP contribution in [-0.2, 0) is 5.54 Å². The first-order valence-corrected chi connectivity index (χ1v) is 9.78. The van der Waals surface area contributed by atoms with Crippen molar-refractivity contribution in [1.82, 2.24) is 9.78 Å². The molecule has 0 unspecified atom stereocenters. The predicted octanol–water partition coefficient (Wildman–Crippen LogP) is 3.47. The van der Waals surface area contributed by atoms with Crippen molar-refractivity contribution in [3.63, 3.8) is 0 Å². The normalized spacial score (nSPS) is 21.9. The van der Waals surface area contributed by atoms with E-state index in [4.69, 9.17) is 5.73 Å². The van der Waals surface area contributed by atoms with Crippen LogP contribution in [0.3, 0.4) is 0 Å². The summed E-state index contributed by atoms with van der Waals surface area (Å²) >= 11 is 0. The van der Waals surface area contributed by atoms with Gasteiger partial charge in [-0.25, -0.2) is 0 Å². The molecule has 28 heavy (non-hydrogen) atoms. The minimum absolute atomic E-state index is 0.124. The number of primary amides is 1. The van der Waals surface area contributed by atoms with Gasteiger partial charge in [0.1, 0.15) is 5.56 Å². The van der Waals surface area contributed by atoms with Gasteiger partial charge in [-0.05, 0) is 51.7 Å². The molecule has 1 aliphatic rings. The second-order valence-corrected chi connectivity index (χ2v) is 7.84. The maximum absolute atomic E-state index is 11.9. The quantitative estimate of drug-likeness (QED) is 0.681. The fourth-order valence-electron chi connectivity index (χ4n) is 3.88. The third kappa shape index (κ3) is 4.28. The number of carbonyl (C=O) groups excluding carboxylic acids is 1. The largest absolute Gasteiger partial charge is 0.382 e. The van der Waals surface area contributed by atoms with Crippen LogP contribution in [-0.4, -0.2) is 27.8 Å². The van der Waals surface area contributed by atoms with Crippen molar-refractivity contribution in [2.75, 3.05) is 10.6 Å². The summed E-state index contributed by atoms with van der Waals surface area (Å²) in [6.45, 7) is 3.96. The van der Waals surface area contributed by atoms with Crippen LogP contribution in [0.5, 0.6) is 0 Å². The lowest BCUT2D eigenvalue weighted by Crippen LogP contribution is -2.41. The lowest BCUT2D eigenvalue weighted by atomic mass is 9.77. The number of nitrogens with two attached hydrogens (primary N) is 1. The highest BCUT2D eigenvalue weighted by atomic mass is 16.1. The van der Waals surface area contributed by atoms with Crippen molar-refractivity contribution in [3.8, 4) is 6.07 Å². The molecule has 148 valence electrons. The first-order valence-electron chi connectivity index (χ1n) is 9.78. The minimum Gasteiger partial charge on any atom is -0.382 e. The zero-order chi connectivity index (χ0) is 20.1. The van der Waals surface area contributed by atoms with Crippen molar-refractivity contribution >= 4 is 17.4 Å². The Labute approximate surface area is 165 Å². The molecule has 1 aromatic carbocycles. The van der Waals surface area contributed by atoms with Gasteiger partial charge in [-0.15, -0.1) is 0 Å². The van der Waals surface area contributed by atoms with E-state index >= 15 is 0 Å². The van der Waals surface area contributed by atoms with Gasteiger partial charge in [-0.2, -0.15) is 10.4 Å². The number of hydrogen-bond donors (Lipinski definition) is 3. The number of benzene rings is 1. The van der Waals surface area contributed by atoms with Gasteiger partial charge >= 0.3 is 0 Å². The van der Waals surface area contributed by atoms with Crippen LogP contribution in [0.4, 0.5) is 11.5 Å². The lowest BCUT2D eigenvalue weighted by Gasteiger charge is -2.39. The molecule has 1 aromatic heterocycles. The van der Waals surface area contributed by atoms with Crippen LogP contribution < -0.4 is 16.4 Å². The molecular weight excluding hydrogens is 352 g/mol. The van der Waals surface area contributed by atoms with E-state index in [-0.39, 0.29) is 6.04 Å². The molecule has 0 bridgehead atoms. The lowest BCUT2D eigenvalue weighted by molar-refractivity contribution is 0.1000. The second-order valence-electron chi connectivity index (χ2n) is 7.84. The summed E-state index contributed by atoms with van der Waals surface area (Å²) in [6.07, 6.45) is 5.53. The van der Waals surface area contributed by atoms with Crippen molar-refractivity contribution in [2.24, 2.45) is 5.73 Å². The molecule has 0 radical (unpaired) electrons. The van der Waals surface area contributed by atoms with E-state index in [9.17, 15) is 10.1 Å². The van der Waals surface area contributed by atoms with E-state index in [0.29, 0.717) is 23.8 Å². The average molecular weight is 380 g/mol. The summed E-state index contributed by atoms with van der Waals surface area (Å²) in [4.78, 5) is 11.9. The standard InChI is InChI=1S/C21H28N6O/c1-15(2)24-20-18(19(23)28)14-27(26-20)21(12-13-22)10-8-17(9-11-21)25-16-6-4-3-5-7-16/h3-7,14-15,17,25H,8-12H2,1-2H3,(H2,23,28)(H,24,26). The van der Waals surface area contributed by atoms with E-state index in [0.717, 1.165) is 31.4 Å². The number of nitrogens with one attached hydrogen (secondary N) is 2.